The van der Waals surface area contributed by atoms with Crippen molar-refractivity contribution in [2.75, 3.05) is 0 Å². The van der Waals surface area contributed by atoms with Crippen molar-refractivity contribution in [1.29, 1.82) is 0 Å². The molecule has 0 saturated heterocycles. The molecule has 108 valence electrons. The third-order valence-corrected chi connectivity index (χ3v) is 6.53. The van der Waals surface area contributed by atoms with Gasteiger partial charge in [-0.15, -0.1) is 0 Å². The van der Waals surface area contributed by atoms with Gasteiger partial charge in [0.2, 0.25) is 0 Å². The van der Waals surface area contributed by atoms with Crippen LogP contribution in [0.4, 0.5) is 0 Å². The molecule has 0 aliphatic heterocycles. The van der Waals surface area contributed by atoms with Gasteiger partial charge in [-0.3, -0.25) is 0 Å². The predicted octanol–water partition coefficient (Wildman–Crippen LogP) is -2.18. The van der Waals surface area contributed by atoms with E-state index in [9.17, 15) is 0 Å². The van der Waals surface area contributed by atoms with Gasteiger partial charge in [0.25, 0.3) is 0 Å². The van der Waals surface area contributed by atoms with E-state index in [2.05, 4.69) is 70.1 Å². The van der Waals surface area contributed by atoms with E-state index in [-0.39, 0.29) is 30.2 Å². The van der Waals surface area contributed by atoms with Crippen molar-refractivity contribution in [3.8, 4) is 0 Å². The summed E-state index contributed by atoms with van der Waals surface area (Å²) in [5, 5.41) is 0. The van der Waals surface area contributed by atoms with E-state index >= 15 is 0 Å². The number of aromatic amines is 1. The number of aromatic nitrogens is 1. The van der Waals surface area contributed by atoms with Gasteiger partial charge in [-0.05, 0) is 0 Å². The SMILES string of the molecule is CC(C)=C1C=CC=[C]1[Zr+2][c]1[nH]ccc1C(C)(C)C.[Cl-].[Cl-]. The van der Waals surface area contributed by atoms with Crippen LogP contribution in [0.2, 0.25) is 0 Å². The Hall–Kier alpha value is -0.0369. The number of H-pyrrole nitrogens is 1. The number of hydrogen-bond donors (Lipinski definition) is 1. The first-order valence-electron chi connectivity index (χ1n) is 6.40. The molecule has 20 heavy (non-hydrogen) atoms. The smallest absolute Gasteiger partial charge is 1.00 e. The zero-order valence-corrected chi connectivity index (χ0v) is 16.6. The van der Waals surface area contributed by atoms with E-state index in [0.29, 0.717) is 0 Å². The summed E-state index contributed by atoms with van der Waals surface area (Å²) >= 11 is -0.720. The standard InChI is InChI=1S/C8H12N.C8H9.2ClH.Zr/c1-8(2,3)7-4-5-9-6-7;1-7(2)8-5-3-4-6-8;;;/h4-5,9H,1-3H3;3-5H,1-2H3;2*1H;/q;;;;+2/p-2. The molecular formula is C16H21Cl2NZr. The predicted molar refractivity (Wildman–Crippen MR) is 74.7 cm³/mol. The average Bonchev–Trinajstić information content (AvgIpc) is 2.85. The van der Waals surface area contributed by atoms with Gasteiger partial charge in [-0.2, -0.15) is 0 Å². The number of nitrogens with one attached hydrogen (secondary N) is 1. The quantitative estimate of drug-likeness (QED) is 0.592. The zero-order chi connectivity index (χ0) is 13.3. The topological polar surface area (TPSA) is 15.8 Å². The summed E-state index contributed by atoms with van der Waals surface area (Å²) in [6, 6.07) is 2.25. The molecular weight excluding hydrogens is 368 g/mol. The van der Waals surface area contributed by atoms with E-state index in [1.165, 1.54) is 20.1 Å². The monoisotopic (exact) mass is 387 g/mol. The van der Waals surface area contributed by atoms with Crippen molar-refractivity contribution in [1.82, 2.24) is 4.98 Å². The number of rotatable bonds is 2. The first kappa shape index (κ1) is 20.0. The molecule has 0 spiro atoms. The first-order chi connectivity index (χ1) is 8.39. The Morgan fingerprint density at radius 1 is 1.15 bits per heavy atom. The van der Waals surface area contributed by atoms with Crippen LogP contribution in [-0.4, -0.2) is 4.98 Å². The van der Waals surface area contributed by atoms with Gasteiger partial charge in [-0.25, -0.2) is 0 Å². The third-order valence-electron chi connectivity index (χ3n) is 3.17. The van der Waals surface area contributed by atoms with Crippen molar-refractivity contribution in [2.24, 2.45) is 0 Å². The summed E-state index contributed by atoms with van der Waals surface area (Å²) < 4.78 is 3.10. The molecule has 1 heterocycles. The van der Waals surface area contributed by atoms with Crippen molar-refractivity contribution >= 4 is 3.40 Å². The van der Waals surface area contributed by atoms with E-state index in [0.717, 1.165) is 0 Å². The number of hydrogen-bond acceptors (Lipinski definition) is 0. The Balaban J connectivity index is 0.00000180. The second-order valence-electron chi connectivity index (χ2n) is 5.99. The van der Waals surface area contributed by atoms with Gasteiger partial charge in [0.05, 0.1) is 0 Å². The van der Waals surface area contributed by atoms with Crippen molar-refractivity contribution in [3.63, 3.8) is 0 Å². The fourth-order valence-electron chi connectivity index (χ4n) is 2.20. The zero-order valence-electron chi connectivity index (χ0n) is 12.6. The summed E-state index contributed by atoms with van der Waals surface area (Å²) in [5.74, 6) is 0. The van der Waals surface area contributed by atoms with Gasteiger partial charge >= 0.3 is 122 Å². The molecule has 0 fully saturated rings. The molecule has 1 aromatic rings. The van der Waals surface area contributed by atoms with Crippen LogP contribution in [0.3, 0.4) is 0 Å². The molecule has 1 aliphatic carbocycles. The maximum Gasteiger partial charge on any atom is -1.00 e. The Kier molecular flexibility index (Phi) is 7.81. The molecule has 2 rings (SSSR count). The maximum absolute atomic E-state index is 3.48. The Bertz CT molecular complexity index is 541. The van der Waals surface area contributed by atoms with Crippen molar-refractivity contribution in [2.45, 2.75) is 40.0 Å². The number of allylic oxidation sites excluding steroid dienone is 6. The molecule has 0 aromatic carbocycles. The Morgan fingerprint density at radius 3 is 2.35 bits per heavy atom. The van der Waals surface area contributed by atoms with Gasteiger partial charge < -0.3 is 24.8 Å². The normalized spacial score (nSPS) is 13.2. The average molecular weight is 389 g/mol. The van der Waals surface area contributed by atoms with E-state index in [1.54, 1.807) is 3.28 Å². The van der Waals surface area contributed by atoms with Crippen molar-refractivity contribution < 1.29 is 48.0 Å². The van der Waals surface area contributed by atoms with E-state index in [4.69, 9.17) is 0 Å². The van der Waals surface area contributed by atoms with Crippen LogP contribution in [0.1, 0.15) is 40.2 Å². The summed E-state index contributed by atoms with van der Waals surface area (Å²) in [5.41, 5.74) is 4.64. The minimum atomic E-state index is -0.720. The summed E-state index contributed by atoms with van der Waals surface area (Å²) in [7, 11) is 0. The third kappa shape index (κ3) is 4.48. The van der Waals surface area contributed by atoms with E-state index in [1.807, 2.05) is 0 Å². The molecule has 0 bridgehead atoms. The molecule has 0 unspecified atom stereocenters. The van der Waals surface area contributed by atoms with Crippen LogP contribution in [0.15, 0.2) is 44.9 Å². The fraction of sp³-hybridized carbons (Fsp3) is 0.375. The molecule has 0 atom stereocenters. The van der Waals surface area contributed by atoms with Gasteiger partial charge in [-0.1, -0.05) is 0 Å². The molecule has 1 nitrogen and oxygen atoms in total. The Labute approximate surface area is 146 Å². The van der Waals surface area contributed by atoms with Crippen LogP contribution in [-0.2, 0) is 28.6 Å². The van der Waals surface area contributed by atoms with Crippen LogP contribution >= 0.6 is 0 Å². The summed E-state index contributed by atoms with van der Waals surface area (Å²) in [6.45, 7) is 11.3. The van der Waals surface area contributed by atoms with Crippen molar-refractivity contribution in [3.05, 3.63) is 50.5 Å². The summed E-state index contributed by atoms with van der Waals surface area (Å²) in [6.07, 6.45) is 8.85. The van der Waals surface area contributed by atoms with Crippen LogP contribution < -0.4 is 28.2 Å². The van der Waals surface area contributed by atoms with E-state index < -0.39 is 23.2 Å². The van der Waals surface area contributed by atoms with Crippen LogP contribution in [0.25, 0.3) is 0 Å². The van der Waals surface area contributed by atoms with Crippen LogP contribution in [0, 0.1) is 0 Å². The molecule has 4 heteroatoms. The minimum absolute atomic E-state index is 0. The van der Waals surface area contributed by atoms with Gasteiger partial charge in [0, 0.05) is 0 Å². The largest absolute Gasteiger partial charge is 1.00 e. The van der Waals surface area contributed by atoms with Gasteiger partial charge in [0.15, 0.2) is 0 Å². The Morgan fingerprint density at radius 2 is 1.80 bits per heavy atom. The molecule has 1 aliphatic rings. The molecule has 1 aromatic heterocycles. The van der Waals surface area contributed by atoms with Crippen LogP contribution in [0.5, 0.6) is 0 Å². The second kappa shape index (κ2) is 7.83. The second-order valence-corrected chi connectivity index (χ2v) is 9.16. The molecule has 0 amide bonds. The first-order valence-corrected chi connectivity index (χ1v) is 8.86. The summed E-state index contributed by atoms with van der Waals surface area (Å²) in [4.78, 5) is 3.48. The molecule has 0 radical (unpaired) electrons. The minimum Gasteiger partial charge on any atom is -1.00 e. The fourth-order valence-corrected chi connectivity index (χ4v) is 6.29. The molecule has 0 saturated carbocycles. The molecule has 1 N–H and O–H groups in total. The van der Waals surface area contributed by atoms with Gasteiger partial charge in [0.1, 0.15) is 0 Å². The maximum atomic E-state index is 3.48. The number of halogens is 2.